The van der Waals surface area contributed by atoms with E-state index in [9.17, 15) is 18.0 Å². The molecule has 2 aromatic heterocycles. The molecule has 0 aliphatic heterocycles. The van der Waals surface area contributed by atoms with Crippen LogP contribution in [0.2, 0.25) is 0 Å². The van der Waals surface area contributed by atoms with Gasteiger partial charge in [0.25, 0.3) is 0 Å². The highest BCUT2D eigenvalue weighted by Gasteiger charge is 2.31. The number of nitriles is 1. The smallest absolute Gasteiger partial charge is 0.376 e. The van der Waals surface area contributed by atoms with E-state index in [0.29, 0.717) is 23.6 Å². The van der Waals surface area contributed by atoms with Crippen molar-refractivity contribution in [2.75, 3.05) is 20.1 Å². The fraction of sp³-hybridized carbons (Fsp3) is 0.368. The van der Waals surface area contributed by atoms with Crippen LogP contribution in [0, 0.1) is 11.3 Å². The SMILES string of the molecule is C/C(=C\N(C)C/C=C(\C)c1nc2cc(C(F)(F)F)cnc2n1C)C(=O)NCC#N. The van der Waals surface area contributed by atoms with Gasteiger partial charge in [-0.2, -0.15) is 18.4 Å². The number of pyridine rings is 1. The summed E-state index contributed by atoms with van der Waals surface area (Å²) in [5, 5.41) is 10.9. The molecule has 0 radical (unpaired) electrons. The normalized spacial score (nSPS) is 12.8. The summed E-state index contributed by atoms with van der Waals surface area (Å²) in [5.74, 6) is 0.175. The number of hydrogen-bond acceptors (Lipinski definition) is 5. The van der Waals surface area contributed by atoms with Gasteiger partial charge >= 0.3 is 6.18 Å². The lowest BCUT2D eigenvalue weighted by Gasteiger charge is -2.13. The van der Waals surface area contributed by atoms with Gasteiger partial charge in [0.05, 0.1) is 11.6 Å². The number of nitrogens with zero attached hydrogens (tertiary/aromatic N) is 5. The molecule has 1 N–H and O–H groups in total. The molecule has 0 spiro atoms. The van der Waals surface area contributed by atoms with E-state index in [1.165, 1.54) is 0 Å². The number of aryl methyl sites for hydroxylation is 1. The molecule has 10 heteroatoms. The minimum absolute atomic E-state index is 0.0659. The van der Waals surface area contributed by atoms with Gasteiger partial charge in [-0.1, -0.05) is 6.08 Å². The Balaban J connectivity index is 2.19. The maximum atomic E-state index is 12.9. The largest absolute Gasteiger partial charge is 0.417 e. The van der Waals surface area contributed by atoms with Crippen molar-refractivity contribution >= 4 is 22.6 Å². The van der Waals surface area contributed by atoms with Crippen molar-refractivity contribution in [3.63, 3.8) is 0 Å². The minimum atomic E-state index is -4.48. The molecule has 0 unspecified atom stereocenters. The zero-order valence-corrected chi connectivity index (χ0v) is 16.5. The van der Waals surface area contributed by atoms with E-state index in [4.69, 9.17) is 5.26 Å². The van der Waals surface area contributed by atoms with Gasteiger partial charge in [0.1, 0.15) is 17.9 Å². The second-order valence-electron chi connectivity index (χ2n) is 6.54. The summed E-state index contributed by atoms with van der Waals surface area (Å²) < 4.78 is 40.3. The Morgan fingerprint density at radius 3 is 2.72 bits per heavy atom. The summed E-state index contributed by atoms with van der Waals surface area (Å²) in [4.78, 5) is 21.7. The Morgan fingerprint density at radius 1 is 1.41 bits per heavy atom. The summed E-state index contributed by atoms with van der Waals surface area (Å²) in [6, 6.07) is 2.82. The number of carbonyl (C=O) groups is 1. The first-order valence-electron chi connectivity index (χ1n) is 8.65. The van der Waals surface area contributed by atoms with Crippen LogP contribution >= 0.6 is 0 Å². The number of rotatable bonds is 6. The highest BCUT2D eigenvalue weighted by molar-refractivity contribution is 5.92. The second kappa shape index (κ2) is 8.77. The average molecular weight is 406 g/mol. The predicted octanol–water partition coefficient (Wildman–Crippen LogP) is 2.87. The number of nitrogens with one attached hydrogen (secondary N) is 1. The average Bonchev–Trinajstić information content (AvgIpc) is 2.99. The van der Waals surface area contributed by atoms with Gasteiger partial charge in [-0.3, -0.25) is 4.79 Å². The molecular weight excluding hydrogens is 385 g/mol. The van der Waals surface area contributed by atoms with Gasteiger partial charge in [0.2, 0.25) is 5.91 Å². The zero-order valence-electron chi connectivity index (χ0n) is 16.5. The molecule has 29 heavy (non-hydrogen) atoms. The number of imidazole rings is 1. The van der Waals surface area contributed by atoms with Crippen molar-refractivity contribution in [1.29, 1.82) is 5.26 Å². The predicted molar refractivity (Wildman–Crippen MR) is 102 cm³/mol. The van der Waals surface area contributed by atoms with Crippen molar-refractivity contribution in [3.8, 4) is 6.07 Å². The molecule has 0 bridgehead atoms. The number of likely N-dealkylation sites (N-methyl/N-ethyl adjacent to an activating group) is 1. The molecule has 0 saturated heterocycles. The number of fused-ring (bicyclic) bond motifs is 1. The monoisotopic (exact) mass is 406 g/mol. The minimum Gasteiger partial charge on any atom is -0.376 e. The number of aromatic nitrogens is 3. The van der Waals surface area contributed by atoms with Crippen molar-refractivity contribution in [2.24, 2.45) is 7.05 Å². The van der Waals surface area contributed by atoms with Crippen LogP contribution in [0.3, 0.4) is 0 Å². The third kappa shape index (κ3) is 5.34. The summed E-state index contributed by atoms with van der Waals surface area (Å²) in [6.07, 6.45) is -0.187. The van der Waals surface area contributed by atoms with Crippen LogP contribution in [-0.4, -0.2) is 45.5 Å². The van der Waals surface area contributed by atoms with Crippen molar-refractivity contribution < 1.29 is 18.0 Å². The van der Waals surface area contributed by atoms with Gasteiger partial charge in [0, 0.05) is 38.6 Å². The summed E-state index contributed by atoms with van der Waals surface area (Å²) in [7, 11) is 3.46. The first-order valence-corrected chi connectivity index (χ1v) is 8.65. The van der Waals surface area contributed by atoms with E-state index < -0.39 is 11.7 Å². The summed E-state index contributed by atoms with van der Waals surface area (Å²) in [5.41, 5.74) is 0.889. The number of halogens is 3. The van der Waals surface area contributed by atoms with Crippen LogP contribution < -0.4 is 5.32 Å². The van der Waals surface area contributed by atoms with Gasteiger partial charge in [0.15, 0.2) is 5.65 Å². The summed E-state index contributed by atoms with van der Waals surface area (Å²) >= 11 is 0. The molecule has 0 aliphatic rings. The highest BCUT2D eigenvalue weighted by atomic mass is 19.4. The first kappa shape index (κ1) is 21.9. The maximum absolute atomic E-state index is 12.9. The fourth-order valence-corrected chi connectivity index (χ4v) is 2.66. The Labute approximate surface area is 166 Å². The van der Waals surface area contributed by atoms with Crippen molar-refractivity contribution in [2.45, 2.75) is 20.0 Å². The fourth-order valence-electron chi connectivity index (χ4n) is 2.66. The number of alkyl halides is 3. The van der Waals surface area contributed by atoms with Crippen LogP contribution in [0.1, 0.15) is 25.2 Å². The second-order valence-corrected chi connectivity index (χ2v) is 6.54. The lowest BCUT2D eigenvalue weighted by Crippen LogP contribution is -2.25. The molecule has 2 aromatic rings. The molecular formula is C19H21F3N6O. The Morgan fingerprint density at radius 2 is 2.10 bits per heavy atom. The van der Waals surface area contributed by atoms with Crippen LogP contribution in [0.15, 0.2) is 30.1 Å². The molecule has 2 rings (SSSR count). The third-order valence-corrected chi connectivity index (χ3v) is 4.17. The van der Waals surface area contributed by atoms with E-state index in [1.54, 1.807) is 43.6 Å². The first-order chi connectivity index (χ1) is 13.5. The van der Waals surface area contributed by atoms with Crippen LogP contribution in [0.5, 0.6) is 0 Å². The number of allylic oxidation sites excluding steroid dienone is 1. The standard InChI is InChI=1S/C19H21F3N6O/c1-12(5-8-27(3)11-13(2)18(29)24-7-6-23)16-26-15-9-14(19(20,21)22)10-25-17(15)28(16)4/h5,9-11H,7-8H2,1-4H3,(H,24,29)/b12-5+,13-11+. The Bertz CT molecular complexity index is 1010. The lowest BCUT2D eigenvalue weighted by molar-refractivity contribution is -0.137. The van der Waals surface area contributed by atoms with E-state index in [1.807, 2.05) is 12.1 Å². The van der Waals surface area contributed by atoms with Gasteiger partial charge in [-0.05, 0) is 25.5 Å². The highest BCUT2D eigenvalue weighted by Crippen LogP contribution is 2.30. The summed E-state index contributed by atoms with van der Waals surface area (Å²) in [6.45, 7) is 3.81. The molecule has 0 saturated carbocycles. The van der Waals surface area contributed by atoms with Gasteiger partial charge < -0.3 is 14.8 Å². The van der Waals surface area contributed by atoms with E-state index in [0.717, 1.165) is 17.8 Å². The molecule has 0 aromatic carbocycles. The quantitative estimate of drug-likeness (QED) is 0.589. The molecule has 154 valence electrons. The van der Waals surface area contributed by atoms with Gasteiger partial charge in [-0.25, -0.2) is 9.97 Å². The van der Waals surface area contributed by atoms with E-state index in [2.05, 4.69) is 15.3 Å². The molecule has 7 nitrogen and oxygen atoms in total. The topological polar surface area (TPSA) is 86.8 Å². The molecule has 1 amide bonds. The third-order valence-electron chi connectivity index (χ3n) is 4.17. The van der Waals surface area contributed by atoms with Crippen LogP contribution in [-0.2, 0) is 18.0 Å². The van der Waals surface area contributed by atoms with Gasteiger partial charge in [-0.15, -0.1) is 0 Å². The number of hydrogen-bond donors (Lipinski definition) is 1. The molecule has 0 fully saturated rings. The van der Waals surface area contributed by atoms with Crippen molar-refractivity contribution in [1.82, 2.24) is 24.8 Å². The van der Waals surface area contributed by atoms with Crippen molar-refractivity contribution in [3.05, 3.63) is 41.5 Å². The molecule has 0 aliphatic carbocycles. The van der Waals surface area contributed by atoms with Crippen LogP contribution in [0.25, 0.3) is 16.7 Å². The number of amides is 1. The molecule has 2 heterocycles. The lowest BCUT2D eigenvalue weighted by atomic mass is 10.2. The zero-order chi connectivity index (χ0) is 21.8. The van der Waals surface area contributed by atoms with Crippen LogP contribution in [0.4, 0.5) is 13.2 Å². The Hall–Kier alpha value is -3.35. The Kier molecular flexibility index (Phi) is 6.64. The van der Waals surface area contributed by atoms with E-state index in [-0.39, 0.29) is 18.0 Å². The van der Waals surface area contributed by atoms with E-state index >= 15 is 0 Å². The maximum Gasteiger partial charge on any atom is 0.417 e. The molecule has 0 atom stereocenters. The number of carbonyl (C=O) groups excluding carboxylic acids is 1.